The molecule has 5 aromatic carbocycles. The Balaban J connectivity index is 0.000000137. The molecule has 0 unspecified atom stereocenters. The first-order valence-corrected chi connectivity index (χ1v) is 38.1. The highest BCUT2D eigenvalue weighted by atomic mass is 32.1. The Morgan fingerprint density at radius 1 is 0.351 bits per heavy atom. The topological polar surface area (TPSA) is 182 Å². The lowest BCUT2D eigenvalue weighted by Gasteiger charge is -2.08. The number of aliphatic hydroxyl groups is 1. The molecule has 0 amide bonds. The lowest BCUT2D eigenvalue weighted by Crippen LogP contribution is -1.91. The van der Waals surface area contributed by atoms with Crippen LogP contribution in [-0.4, -0.2) is 62.1 Å². The fourth-order valence-corrected chi connectivity index (χ4v) is 12.7. The smallest absolute Gasteiger partial charge is 0.159 e. The Morgan fingerprint density at radius 2 is 0.721 bits per heavy atom. The van der Waals surface area contributed by atoms with Gasteiger partial charge in [0.1, 0.15) is 45.9 Å². The van der Waals surface area contributed by atoms with Crippen LogP contribution in [0.1, 0.15) is 98.0 Å². The average molecular weight is 1550 g/mol. The summed E-state index contributed by atoms with van der Waals surface area (Å²) in [4.78, 5) is 43.2. The zero-order chi connectivity index (χ0) is 78.0. The number of methoxy groups -OCH3 is 1. The third-order valence-corrected chi connectivity index (χ3v) is 19.3. The summed E-state index contributed by atoms with van der Waals surface area (Å²) in [5.74, 6) is 28.6. The van der Waals surface area contributed by atoms with Gasteiger partial charge in [0.15, 0.2) is 11.6 Å². The van der Waals surface area contributed by atoms with Crippen LogP contribution >= 0.6 is 56.7 Å². The van der Waals surface area contributed by atoms with Gasteiger partial charge in [0.25, 0.3) is 0 Å². The van der Waals surface area contributed by atoms with Gasteiger partial charge in [-0.2, -0.15) is 5.26 Å². The van der Waals surface area contributed by atoms with Crippen LogP contribution in [0.25, 0.3) is 56.3 Å². The summed E-state index contributed by atoms with van der Waals surface area (Å²) in [5.41, 5.74) is 17.4. The Bertz CT molecular complexity index is 6010. The van der Waals surface area contributed by atoms with Crippen molar-refractivity contribution in [2.75, 3.05) is 7.11 Å². The maximum atomic E-state index is 13.9. The van der Waals surface area contributed by atoms with E-state index in [1.807, 2.05) is 140 Å². The lowest BCUT2D eigenvalue weighted by molar-refractivity contribution is 0.282. The zero-order valence-electron chi connectivity index (χ0n) is 60.4. The van der Waals surface area contributed by atoms with Crippen LogP contribution in [0.2, 0.25) is 0 Å². The number of hydrogen-bond acceptors (Lipinski definition) is 18. The molecule has 0 aliphatic carbocycles. The molecule has 0 saturated heterocycles. The molecule has 111 heavy (non-hydrogen) atoms. The minimum absolute atomic E-state index is 0.00257. The summed E-state index contributed by atoms with van der Waals surface area (Å²) < 4.78 is 58.3. The molecule has 542 valence electrons. The predicted octanol–water partition coefficient (Wildman–Crippen LogP) is 19.8. The van der Waals surface area contributed by atoms with E-state index in [-0.39, 0.29) is 12.4 Å². The second-order valence-corrected chi connectivity index (χ2v) is 28.9. The van der Waals surface area contributed by atoms with E-state index in [9.17, 15) is 22.7 Å². The third-order valence-electron chi connectivity index (χ3n) is 15.4. The molecule has 10 heterocycles. The van der Waals surface area contributed by atoms with Gasteiger partial charge in [0.2, 0.25) is 0 Å². The van der Waals surface area contributed by atoms with Crippen molar-refractivity contribution in [3.63, 3.8) is 0 Å². The molecule has 13 nitrogen and oxygen atoms in total. The van der Waals surface area contributed by atoms with Crippen LogP contribution < -0.4 is 4.74 Å². The van der Waals surface area contributed by atoms with Crippen LogP contribution in [0, 0.1) is 135 Å². The molecule has 0 aliphatic rings. The number of hydrogen-bond donors (Lipinski definition) is 1. The second-order valence-electron chi connectivity index (χ2n) is 23.6. The summed E-state index contributed by atoms with van der Waals surface area (Å²) in [6.45, 7) is 11.8. The Labute approximate surface area is 660 Å². The lowest BCUT2D eigenvalue weighted by atomic mass is 10.0. The number of nitrogens with zero attached hydrogens (tertiary/aromatic N) is 11. The molecule has 1 N–H and O–H groups in total. The minimum Gasteiger partial charge on any atom is -0.496 e. The van der Waals surface area contributed by atoms with E-state index in [1.165, 1.54) is 42.0 Å². The fraction of sp³-hybridized carbons (Fsp3) is 0.0899. The highest BCUT2D eigenvalue weighted by Gasteiger charge is 2.12. The molecular formula is C89H61F4N11O2S5. The molecule has 0 spiro atoms. The first-order chi connectivity index (χ1) is 53.9. The van der Waals surface area contributed by atoms with E-state index in [2.05, 4.69) is 122 Å². The van der Waals surface area contributed by atoms with Crippen molar-refractivity contribution >= 4 is 56.7 Å². The third kappa shape index (κ3) is 23.4. The van der Waals surface area contributed by atoms with E-state index >= 15 is 0 Å². The number of rotatable bonds is 7. The van der Waals surface area contributed by atoms with Gasteiger partial charge in [-0.1, -0.05) is 65.5 Å². The largest absolute Gasteiger partial charge is 0.496 e. The standard InChI is InChI=1S/C19H16N2OS.C18H10FN3S.C18H14N2OS.C17H10F2N2S.C17H11FN2S/c1-13-4-9-19(22-3)17(10-13)18-8-6-15(11-20-18)5-7-16-12-23-14(2)21-16;1-12-22-15(11-23-12)5-2-13-4-7-18(21-10-13)16-8-14(9-20)3-6-17(16)19;1-13-20-16(12-22-13)8-6-14-7-9-18(19-10-14)17-5-3-2-4-15(17)11-21;1-11-21-14(10-22-11)5-2-12-3-7-17(20-9-12)13-4-6-15(18)16(19)8-13;1-12-20-16(11-21-12)8-2-13-3-9-17(19-10-13)14-4-6-15(18)7-5-14/h4,6,8-12H,1-3H3;3-4,6-8,10-11H,1H3;2-5,7,9-10,12,21H,11H2,1H3;3-4,6-10H,1H3;3-7,9-11H,1H3. The molecule has 0 radical (unpaired) electrons. The number of nitriles is 1. The van der Waals surface area contributed by atoms with Crippen molar-refractivity contribution < 1.29 is 27.4 Å². The van der Waals surface area contributed by atoms with Crippen molar-refractivity contribution in [2.45, 2.75) is 48.1 Å². The van der Waals surface area contributed by atoms with Gasteiger partial charge in [0, 0.05) is 114 Å². The number of ether oxygens (including phenoxy) is 1. The van der Waals surface area contributed by atoms with Crippen molar-refractivity contribution in [3.05, 3.63) is 343 Å². The normalized spacial score (nSPS) is 10.0. The van der Waals surface area contributed by atoms with E-state index in [0.717, 1.165) is 139 Å². The van der Waals surface area contributed by atoms with E-state index in [1.54, 1.807) is 131 Å². The van der Waals surface area contributed by atoms with Gasteiger partial charge >= 0.3 is 0 Å². The molecule has 10 aromatic heterocycles. The summed E-state index contributed by atoms with van der Waals surface area (Å²) in [6, 6.07) is 48.5. The van der Waals surface area contributed by atoms with Gasteiger partial charge in [-0.25, -0.2) is 42.5 Å². The average Bonchev–Trinajstić information content (AvgIpc) is 1.32. The van der Waals surface area contributed by atoms with E-state index in [0.29, 0.717) is 28.1 Å². The number of halogens is 4. The quantitative estimate of drug-likeness (QED) is 0.118. The fourth-order valence-electron chi connectivity index (χ4n) is 9.94. The summed E-state index contributed by atoms with van der Waals surface area (Å²) in [6.07, 6.45) is 8.42. The molecule has 0 atom stereocenters. The Hall–Kier alpha value is -13.2. The predicted molar refractivity (Wildman–Crippen MR) is 434 cm³/mol. The number of benzene rings is 5. The van der Waals surface area contributed by atoms with Gasteiger partial charge in [-0.05, 0) is 210 Å². The number of aliphatic hydroxyl groups excluding tert-OH is 1. The van der Waals surface area contributed by atoms with Crippen molar-refractivity contribution in [1.29, 1.82) is 5.26 Å². The first-order valence-electron chi connectivity index (χ1n) is 33.7. The Kier molecular flexibility index (Phi) is 27.7. The molecule has 0 fully saturated rings. The van der Waals surface area contributed by atoms with Crippen molar-refractivity contribution in [1.82, 2.24) is 49.8 Å². The van der Waals surface area contributed by atoms with Crippen molar-refractivity contribution in [3.8, 4) is 127 Å². The monoisotopic (exact) mass is 1550 g/mol. The number of aryl methyl sites for hydroxylation is 6. The summed E-state index contributed by atoms with van der Waals surface area (Å²) in [5, 5.41) is 32.9. The minimum atomic E-state index is -0.887. The molecule has 0 bridgehead atoms. The second kappa shape index (κ2) is 39.0. The first kappa shape index (κ1) is 78.8. The van der Waals surface area contributed by atoms with Crippen LogP contribution in [0.4, 0.5) is 17.6 Å². The van der Waals surface area contributed by atoms with Crippen LogP contribution in [-0.2, 0) is 6.61 Å². The van der Waals surface area contributed by atoms with Crippen LogP contribution in [0.3, 0.4) is 0 Å². The maximum Gasteiger partial charge on any atom is 0.159 e. The van der Waals surface area contributed by atoms with Gasteiger partial charge in [0.05, 0.1) is 78.9 Å². The Morgan fingerprint density at radius 3 is 1.09 bits per heavy atom. The van der Waals surface area contributed by atoms with Crippen molar-refractivity contribution in [2.24, 2.45) is 0 Å². The molecule has 0 aliphatic heterocycles. The highest BCUT2D eigenvalue weighted by Crippen LogP contribution is 2.30. The highest BCUT2D eigenvalue weighted by molar-refractivity contribution is 7.10. The molecular weight excluding hydrogens is 1490 g/mol. The number of thiazole rings is 5. The van der Waals surface area contributed by atoms with Gasteiger partial charge < -0.3 is 9.84 Å². The summed E-state index contributed by atoms with van der Waals surface area (Å²) in [7, 11) is 1.67. The summed E-state index contributed by atoms with van der Waals surface area (Å²) >= 11 is 7.87. The van der Waals surface area contributed by atoms with Gasteiger partial charge in [-0.15, -0.1) is 56.7 Å². The SMILES string of the molecule is COc1ccc(C)cc1-c1ccc(C#Cc2csc(C)n2)cn1.Cc1nc(C#Cc2ccc(-c3cc(C#N)ccc3F)nc2)cs1.Cc1nc(C#Cc2ccc(-c3ccc(F)c(F)c3)nc2)cs1.Cc1nc(C#Cc2ccc(-c3ccc(F)cc3)nc2)cs1.Cc1nc(C#Cc2ccc(-c3ccccc3CO)nc2)cs1. The number of aromatic nitrogens is 10. The molecule has 15 rings (SSSR count). The molecule has 0 saturated carbocycles. The van der Waals surface area contributed by atoms with E-state index < -0.39 is 17.5 Å². The van der Waals surface area contributed by atoms with Crippen LogP contribution in [0.5, 0.6) is 5.75 Å². The molecule has 22 heteroatoms. The maximum absolute atomic E-state index is 13.9. The van der Waals surface area contributed by atoms with Crippen LogP contribution in [0.15, 0.2) is 222 Å². The zero-order valence-corrected chi connectivity index (χ0v) is 64.5. The van der Waals surface area contributed by atoms with Gasteiger partial charge in [-0.3, -0.25) is 24.9 Å². The molecule has 15 aromatic rings. The van der Waals surface area contributed by atoms with E-state index in [4.69, 9.17) is 10.00 Å². The number of pyridine rings is 5.